The van der Waals surface area contributed by atoms with E-state index in [-0.39, 0.29) is 0 Å². The van der Waals surface area contributed by atoms with Gasteiger partial charge in [-0.2, -0.15) is 0 Å². The summed E-state index contributed by atoms with van der Waals surface area (Å²) in [4.78, 5) is 1.61. The Kier molecular flexibility index (Phi) is 4.86. The quantitative estimate of drug-likeness (QED) is 0.527. The molecule has 1 nitrogen and oxygen atoms in total. The van der Waals surface area contributed by atoms with E-state index in [1.54, 1.807) is 4.80 Å². The molecule has 0 aliphatic carbocycles. The van der Waals surface area contributed by atoms with Gasteiger partial charge in [0.15, 0.2) is 0 Å². The Balaban J connectivity index is 2.40. The zero-order chi connectivity index (χ0) is 4.12. The van der Waals surface area contributed by atoms with E-state index in [1.807, 2.05) is 6.92 Å². The predicted octanol–water partition coefficient (Wildman–Crippen LogP) is 0.329. The summed E-state index contributed by atoms with van der Waals surface area (Å²) >= 11 is 2.27. The van der Waals surface area contributed by atoms with Gasteiger partial charge >= 0.3 is 40.9 Å². The van der Waals surface area contributed by atoms with Crippen LogP contribution >= 0.6 is 0 Å². The average Bonchev–Trinajstić information content (AvgIpc) is 1.41. The van der Waals surface area contributed by atoms with Crippen molar-refractivity contribution in [2.45, 2.75) is 6.92 Å². The van der Waals surface area contributed by atoms with E-state index in [0.29, 0.717) is 0 Å². The number of hydrogen-bond donors (Lipinski definition) is 0. The molecule has 5 heavy (non-hydrogen) atoms. The molecule has 0 N–H and O–H groups in total. The summed E-state index contributed by atoms with van der Waals surface area (Å²) in [7, 11) is 0. The van der Waals surface area contributed by atoms with Gasteiger partial charge in [0.2, 0.25) is 0 Å². The Morgan fingerprint density at radius 2 is 2.60 bits per heavy atom. The van der Waals surface area contributed by atoms with Crippen LogP contribution in [0.25, 0.3) is 0 Å². The fourth-order valence-electron chi connectivity index (χ4n) is 0.0589. The number of ether oxygens (including phenoxy) is 1. The summed E-state index contributed by atoms with van der Waals surface area (Å²) in [6.07, 6.45) is 0. The molecule has 0 aliphatic rings. The summed E-state index contributed by atoms with van der Waals surface area (Å²) in [6, 6.07) is 0. The van der Waals surface area contributed by atoms with Crippen LogP contribution in [-0.2, 0) is 22.6 Å². The van der Waals surface area contributed by atoms with Crippen molar-refractivity contribution in [3.8, 4) is 0 Å². The SMILES string of the molecule is CCO[CH]=[Ru+]. The maximum atomic E-state index is 4.68. The Morgan fingerprint density at radius 1 is 2.00 bits per heavy atom. The number of rotatable bonds is 2. The Hall–Kier alpha value is 0.453. The molecule has 0 spiro atoms. The molecule has 0 heterocycles. The maximum absolute atomic E-state index is 4.68. The first kappa shape index (κ1) is 5.45. The van der Waals surface area contributed by atoms with Crippen molar-refractivity contribution < 1.29 is 22.6 Å². The van der Waals surface area contributed by atoms with Gasteiger partial charge in [-0.25, -0.2) is 0 Å². The van der Waals surface area contributed by atoms with E-state index >= 15 is 0 Å². The molecule has 0 aromatic carbocycles. The molecule has 0 aromatic heterocycles. The molecule has 0 aromatic rings. The van der Waals surface area contributed by atoms with Gasteiger partial charge in [0, 0.05) is 0 Å². The van der Waals surface area contributed by atoms with E-state index < -0.39 is 0 Å². The predicted molar refractivity (Wildman–Crippen MR) is 17.7 cm³/mol. The number of hydrogen-bond acceptors (Lipinski definition) is 1. The van der Waals surface area contributed by atoms with Crippen LogP contribution in [0.1, 0.15) is 6.92 Å². The molecule has 0 fully saturated rings. The summed E-state index contributed by atoms with van der Waals surface area (Å²) in [5.41, 5.74) is 0. The second kappa shape index (κ2) is 4.45. The van der Waals surface area contributed by atoms with Gasteiger partial charge in [-0.3, -0.25) is 0 Å². The molecule has 2 heteroatoms. The zero-order valence-electron chi connectivity index (χ0n) is 3.05. The summed E-state index contributed by atoms with van der Waals surface area (Å²) in [5.74, 6) is 0. The van der Waals surface area contributed by atoms with Gasteiger partial charge in [0.1, 0.15) is 0 Å². The van der Waals surface area contributed by atoms with Crippen molar-refractivity contribution in [3.05, 3.63) is 0 Å². The van der Waals surface area contributed by atoms with Gasteiger partial charge < -0.3 is 0 Å². The normalized spacial score (nSPS) is 7.40. The zero-order valence-corrected chi connectivity index (χ0v) is 4.78. The van der Waals surface area contributed by atoms with Crippen LogP contribution in [0.2, 0.25) is 0 Å². The summed E-state index contributed by atoms with van der Waals surface area (Å²) in [6.45, 7) is 2.72. The third-order valence-corrected chi connectivity index (χ3v) is 0.515. The molecule has 0 aliphatic heterocycles. The van der Waals surface area contributed by atoms with E-state index in [1.165, 1.54) is 0 Å². The second-order valence-corrected chi connectivity index (χ2v) is 0.948. The molecular formula is C3H6ORu+. The first-order chi connectivity index (χ1) is 2.41. The standard InChI is InChI=1S/C3H6O.Ru/c1-3-4-2;/h2H,3H2,1H3;/q;+1. The molecule has 0 radical (unpaired) electrons. The van der Waals surface area contributed by atoms with Crippen molar-refractivity contribution in [1.29, 1.82) is 0 Å². The molecule has 31 valence electrons. The van der Waals surface area contributed by atoms with Crippen LogP contribution in [-0.4, -0.2) is 11.4 Å². The molecule has 0 saturated heterocycles. The minimum absolute atomic E-state index is 0.771. The van der Waals surface area contributed by atoms with Gasteiger partial charge in [-0.15, -0.1) is 0 Å². The molecule has 0 saturated carbocycles. The first-order valence-electron chi connectivity index (χ1n) is 1.44. The van der Waals surface area contributed by atoms with Crippen LogP contribution in [0, 0.1) is 0 Å². The monoisotopic (exact) mass is 160 g/mol. The van der Waals surface area contributed by atoms with Crippen LogP contribution in [0.15, 0.2) is 0 Å². The minimum atomic E-state index is 0.771. The summed E-state index contributed by atoms with van der Waals surface area (Å²) < 4.78 is 4.68. The first-order valence-corrected chi connectivity index (χ1v) is 2.44. The van der Waals surface area contributed by atoms with Crippen LogP contribution < -0.4 is 0 Å². The molecule has 0 bridgehead atoms. The van der Waals surface area contributed by atoms with Crippen molar-refractivity contribution in [2.24, 2.45) is 0 Å². The average molecular weight is 159 g/mol. The third-order valence-electron chi connectivity index (χ3n) is 0.226. The van der Waals surface area contributed by atoms with Gasteiger partial charge in [-0.05, 0) is 0 Å². The fraction of sp³-hybridized carbons (Fsp3) is 0.667. The molecule has 0 atom stereocenters. The van der Waals surface area contributed by atoms with Crippen molar-refractivity contribution in [3.63, 3.8) is 0 Å². The molecule has 0 unspecified atom stereocenters. The molecular weight excluding hydrogens is 153 g/mol. The van der Waals surface area contributed by atoms with Crippen LogP contribution in [0.4, 0.5) is 0 Å². The Bertz CT molecular complexity index is 28.1. The van der Waals surface area contributed by atoms with Gasteiger partial charge in [0.05, 0.1) is 0 Å². The molecule has 0 rings (SSSR count). The molecule has 0 amide bonds. The Labute approximate surface area is 41.5 Å². The van der Waals surface area contributed by atoms with Crippen molar-refractivity contribution in [2.75, 3.05) is 6.61 Å². The summed E-state index contributed by atoms with van der Waals surface area (Å²) in [5, 5.41) is 0. The Morgan fingerprint density at radius 3 is 2.60 bits per heavy atom. The van der Waals surface area contributed by atoms with E-state index in [9.17, 15) is 0 Å². The van der Waals surface area contributed by atoms with E-state index in [0.717, 1.165) is 6.61 Å². The van der Waals surface area contributed by atoms with Crippen LogP contribution in [0.5, 0.6) is 0 Å². The second-order valence-electron chi connectivity index (χ2n) is 0.539. The van der Waals surface area contributed by atoms with Crippen LogP contribution in [0.3, 0.4) is 0 Å². The van der Waals surface area contributed by atoms with E-state index in [4.69, 9.17) is 0 Å². The van der Waals surface area contributed by atoms with Gasteiger partial charge in [-0.1, -0.05) is 0 Å². The fourth-order valence-corrected chi connectivity index (χ4v) is 0.349. The third kappa shape index (κ3) is 4.45. The van der Waals surface area contributed by atoms with Crippen molar-refractivity contribution >= 4 is 4.80 Å². The van der Waals surface area contributed by atoms with Gasteiger partial charge in [0.25, 0.3) is 0 Å². The van der Waals surface area contributed by atoms with Crippen molar-refractivity contribution in [1.82, 2.24) is 0 Å². The topological polar surface area (TPSA) is 9.23 Å². The van der Waals surface area contributed by atoms with E-state index in [2.05, 4.69) is 22.6 Å².